The van der Waals surface area contributed by atoms with Gasteiger partial charge < -0.3 is 4.90 Å². The van der Waals surface area contributed by atoms with Crippen LogP contribution in [0.15, 0.2) is 23.4 Å². The van der Waals surface area contributed by atoms with Crippen LogP contribution in [0, 0.1) is 0 Å². The number of rotatable bonds is 1. The Bertz CT molecular complexity index is 465. The van der Waals surface area contributed by atoms with Crippen LogP contribution in [0.2, 0.25) is 0 Å². The highest BCUT2D eigenvalue weighted by molar-refractivity contribution is 7.85. The molecule has 1 aromatic rings. The molecule has 1 aromatic heterocycles. The summed E-state index contributed by atoms with van der Waals surface area (Å²) in [6, 6.07) is 2.07. The first-order valence-corrected chi connectivity index (χ1v) is 8.96. The maximum atomic E-state index is 12.1. The SMILES string of the molecule is CCCC.CN1CCC2(CC1)CS(=O)c1cnccc12. The van der Waals surface area contributed by atoms with E-state index < -0.39 is 10.8 Å². The van der Waals surface area contributed by atoms with Gasteiger partial charge in [0.05, 0.1) is 15.7 Å². The monoisotopic (exact) mass is 294 g/mol. The third kappa shape index (κ3) is 3.12. The first-order chi connectivity index (χ1) is 9.63. The van der Waals surface area contributed by atoms with Crippen LogP contribution in [0.25, 0.3) is 0 Å². The fourth-order valence-corrected chi connectivity index (χ4v) is 4.68. The van der Waals surface area contributed by atoms with Gasteiger partial charge in [0, 0.05) is 23.6 Å². The van der Waals surface area contributed by atoms with Crippen molar-refractivity contribution in [1.82, 2.24) is 9.88 Å². The summed E-state index contributed by atoms with van der Waals surface area (Å²) in [5.74, 6) is 0.807. The normalized spacial score (nSPS) is 24.1. The molecule has 0 N–H and O–H groups in total. The molecule has 0 radical (unpaired) electrons. The van der Waals surface area contributed by atoms with E-state index in [1.54, 1.807) is 6.20 Å². The Morgan fingerprint density at radius 2 is 1.95 bits per heavy atom. The minimum absolute atomic E-state index is 0.176. The summed E-state index contributed by atoms with van der Waals surface area (Å²) in [7, 11) is 1.33. The van der Waals surface area contributed by atoms with E-state index in [9.17, 15) is 4.21 Å². The fourth-order valence-electron chi connectivity index (χ4n) is 2.87. The molecule has 3 rings (SSSR count). The van der Waals surface area contributed by atoms with Crippen molar-refractivity contribution in [3.63, 3.8) is 0 Å². The molecule has 112 valence electrons. The molecule has 0 aliphatic carbocycles. The van der Waals surface area contributed by atoms with Crippen molar-refractivity contribution in [2.24, 2.45) is 0 Å². The number of pyridine rings is 1. The lowest BCUT2D eigenvalue weighted by molar-refractivity contribution is 0.203. The molecule has 0 saturated carbocycles. The van der Waals surface area contributed by atoms with Crippen molar-refractivity contribution in [2.45, 2.75) is 49.8 Å². The Morgan fingerprint density at radius 1 is 1.30 bits per heavy atom. The Kier molecular flexibility index (Phi) is 5.33. The molecule has 4 heteroatoms. The first kappa shape index (κ1) is 15.6. The summed E-state index contributed by atoms with van der Waals surface area (Å²) in [6.45, 7) is 6.58. The highest BCUT2D eigenvalue weighted by Crippen LogP contribution is 2.44. The number of unbranched alkanes of at least 4 members (excludes halogenated alkanes) is 1. The van der Waals surface area contributed by atoms with Gasteiger partial charge in [0.2, 0.25) is 0 Å². The molecular weight excluding hydrogens is 268 g/mol. The molecule has 1 fully saturated rings. The molecule has 0 bridgehead atoms. The maximum absolute atomic E-state index is 12.1. The summed E-state index contributed by atoms with van der Waals surface area (Å²) in [6.07, 6.45) is 8.53. The second-order valence-corrected chi connectivity index (χ2v) is 7.36. The summed E-state index contributed by atoms with van der Waals surface area (Å²) >= 11 is 0. The van der Waals surface area contributed by atoms with Crippen LogP contribution in [-0.2, 0) is 16.2 Å². The number of nitrogens with zero attached hydrogens (tertiary/aromatic N) is 2. The molecule has 2 aliphatic heterocycles. The lowest BCUT2D eigenvalue weighted by Crippen LogP contribution is -2.41. The predicted molar refractivity (Wildman–Crippen MR) is 84.5 cm³/mol. The molecule has 0 aromatic carbocycles. The van der Waals surface area contributed by atoms with E-state index in [4.69, 9.17) is 0 Å². The van der Waals surface area contributed by atoms with Crippen molar-refractivity contribution in [3.05, 3.63) is 24.0 Å². The molecule has 3 heterocycles. The van der Waals surface area contributed by atoms with Gasteiger partial charge in [-0.05, 0) is 44.6 Å². The molecular formula is C16H26N2OS. The van der Waals surface area contributed by atoms with Gasteiger partial charge in [-0.2, -0.15) is 0 Å². The van der Waals surface area contributed by atoms with Crippen LogP contribution >= 0.6 is 0 Å². The van der Waals surface area contributed by atoms with Crippen LogP contribution in [-0.4, -0.2) is 40.0 Å². The zero-order valence-corrected chi connectivity index (χ0v) is 13.7. The van der Waals surface area contributed by atoms with Crippen LogP contribution in [0.4, 0.5) is 0 Å². The van der Waals surface area contributed by atoms with Crippen LogP contribution in [0.1, 0.15) is 45.1 Å². The minimum atomic E-state index is -0.827. The Morgan fingerprint density at radius 3 is 2.55 bits per heavy atom. The van der Waals surface area contributed by atoms with Crippen molar-refractivity contribution >= 4 is 10.8 Å². The molecule has 1 spiro atoms. The first-order valence-electron chi connectivity index (χ1n) is 7.64. The molecule has 0 amide bonds. The Labute approximate surface area is 125 Å². The highest BCUT2D eigenvalue weighted by atomic mass is 32.2. The number of fused-ring (bicyclic) bond motifs is 2. The van der Waals surface area contributed by atoms with E-state index in [-0.39, 0.29) is 5.41 Å². The van der Waals surface area contributed by atoms with Crippen molar-refractivity contribution in [1.29, 1.82) is 0 Å². The molecule has 3 nitrogen and oxygen atoms in total. The van der Waals surface area contributed by atoms with Gasteiger partial charge in [0.25, 0.3) is 0 Å². The van der Waals surface area contributed by atoms with Crippen molar-refractivity contribution in [3.8, 4) is 0 Å². The number of hydrogen-bond donors (Lipinski definition) is 0. The average molecular weight is 294 g/mol. The van der Waals surface area contributed by atoms with E-state index in [1.165, 1.54) is 18.4 Å². The quantitative estimate of drug-likeness (QED) is 0.798. The highest BCUT2D eigenvalue weighted by Gasteiger charge is 2.44. The van der Waals surface area contributed by atoms with Crippen LogP contribution in [0.5, 0.6) is 0 Å². The largest absolute Gasteiger partial charge is 0.306 e. The number of aromatic nitrogens is 1. The van der Waals surface area contributed by atoms with Gasteiger partial charge in [-0.25, -0.2) is 0 Å². The lowest BCUT2D eigenvalue weighted by atomic mass is 9.75. The molecule has 1 unspecified atom stereocenters. The summed E-state index contributed by atoms with van der Waals surface area (Å²) in [5, 5.41) is 0. The van der Waals surface area contributed by atoms with Gasteiger partial charge >= 0.3 is 0 Å². The fraction of sp³-hybridized carbons (Fsp3) is 0.688. The zero-order chi connectivity index (χ0) is 14.6. The lowest BCUT2D eigenvalue weighted by Gasteiger charge is -2.37. The Balaban J connectivity index is 0.000000328. The number of hydrogen-bond acceptors (Lipinski definition) is 3. The van der Waals surface area contributed by atoms with Gasteiger partial charge in [-0.15, -0.1) is 0 Å². The molecule has 20 heavy (non-hydrogen) atoms. The van der Waals surface area contributed by atoms with E-state index >= 15 is 0 Å². The van der Waals surface area contributed by atoms with Gasteiger partial charge in [-0.3, -0.25) is 9.19 Å². The molecule has 2 aliphatic rings. The zero-order valence-electron chi connectivity index (χ0n) is 12.9. The molecule has 1 saturated heterocycles. The molecule has 1 atom stereocenters. The van der Waals surface area contributed by atoms with Gasteiger partial charge in [0.1, 0.15) is 0 Å². The van der Waals surface area contributed by atoms with Crippen LogP contribution in [0.3, 0.4) is 0 Å². The summed E-state index contributed by atoms with van der Waals surface area (Å²) in [5.41, 5.74) is 1.48. The second kappa shape index (κ2) is 6.81. The summed E-state index contributed by atoms with van der Waals surface area (Å²) in [4.78, 5) is 7.43. The predicted octanol–water partition coefficient (Wildman–Crippen LogP) is 2.97. The van der Waals surface area contributed by atoms with Gasteiger partial charge in [-0.1, -0.05) is 26.7 Å². The standard InChI is InChI=1S/C12H16N2OS.C4H10/c1-14-6-3-12(4-7-14)9-16(15)11-8-13-5-2-10(11)12;1-3-4-2/h2,5,8H,3-4,6-7,9H2,1H3;3-4H2,1-2H3. The number of piperidine rings is 1. The van der Waals surface area contributed by atoms with Crippen molar-refractivity contribution in [2.75, 3.05) is 25.9 Å². The third-order valence-corrected chi connectivity index (χ3v) is 6.08. The topological polar surface area (TPSA) is 33.2 Å². The van der Waals surface area contributed by atoms with Crippen LogP contribution < -0.4 is 0 Å². The number of likely N-dealkylation sites (tertiary alicyclic amines) is 1. The van der Waals surface area contributed by atoms with E-state index in [0.29, 0.717) is 0 Å². The van der Waals surface area contributed by atoms with E-state index in [2.05, 4.69) is 36.8 Å². The van der Waals surface area contributed by atoms with Crippen molar-refractivity contribution < 1.29 is 4.21 Å². The summed E-state index contributed by atoms with van der Waals surface area (Å²) < 4.78 is 12.1. The van der Waals surface area contributed by atoms with E-state index in [0.717, 1.165) is 36.6 Å². The second-order valence-electron chi connectivity index (χ2n) is 5.95. The third-order valence-electron chi connectivity index (χ3n) is 4.45. The average Bonchev–Trinajstić information content (AvgIpc) is 2.76. The van der Waals surface area contributed by atoms with E-state index in [1.807, 2.05) is 6.20 Å². The smallest absolute Gasteiger partial charge is 0.0609 e. The van der Waals surface area contributed by atoms with Gasteiger partial charge in [0.15, 0.2) is 0 Å². The minimum Gasteiger partial charge on any atom is -0.306 e. The maximum Gasteiger partial charge on any atom is 0.0609 e. The Hall–Kier alpha value is -0.740.